The summed E-state index contributed by atoms with van der Waals surface area (Å²) < 4.78 is 5.41. The van der Waals surface area contributed by atoms with Crippen molar-refractivity contribution in [3.05, 3.63) is 70.8 Å². The second-order valence-corrected chi connectivity index (χ2v) is 7.10. The topological polar surface area (TPSA) is 32.8 Å². The quantitative estimate of drug-likeness (QED) is 0.827. The third-order valence-electron chi connectivity index (χ3n) is 5.03. The second kappa shape index (κ2) is 8.47. The molecule has 1 unspecified atom stereocenters. The lowest BCUT2D eigenvalue weighted by molar-refractivity contribution is -0.141. The van der Waals surface area contributed by atoms with Gasteiger partial charge in [-0.05, 0) is 37.6 Å². The van der Waals surface area contributed by atoms with Crippen molar-refractivity contribution >= 4 is 5.91 Å². The van der Waals surface area contributed by atoms with Crippen molar-refractivity contribution < 1.29 is 9.53 Å². The van der Waals surface area contributed by atoms with E-state index in [1.54, 1.807) is 0 Å². The molecule has 0 N–H and O–H groups in total. The van der Waals surface area contributed by atoms with E-state index in [1.165, 1.54) is 16.7 Å². The van der Waals surface area contributed by atoms with Gasteiger partial charge >= 0.3 is 0 Å². The molecule has 138 valence electrons. The molecule has 1 aliphatic heterocycles. The van der Waals surface area contributed by atoms with Gasteiger partial charge in [-0.2, -0.15) is 0 Å². The Kier molecular flexibility index (Phi) is 6.07. The molecule has 2 aromatic rings. The highest BCUT2D eigenvalue weighted by molar-refractivity contribution is 5.83. The van der Waals surface area contributed by atoms with E-state index in [0.717, 1.165) is 12.1 Å². The number of benzene rings is 2. The van der Waals surface area contributed by atoms with Crippen molar-refractivity contribution in [3.8, 4) is 0 Å². The van der Waals surface area contributed by atoms with Crippen LogP contribution in [0.25, 0.3) is 0 Å². The van der Waals surface area contributed by atoms with E-state index in [2.05, 4.69) is 36.9 Å². The maximum atomic E-state index is 13.3. The molecule has 4 heteroatoms. The highest BCUT2D eigenvalue weighted by atomic mass is 16.5. The summed E-state index contributed by atoms with van der Waals surface area (Å²) in [6.45, 7) is 7.55. The van der Waals surface area contributed by atoms with Gasteiger partial charge in [-0.15, -0.1) is 0 Å². The number of hydrogen-bond acceptors (Lipinski definition) is 3. The fraction of sp³-hybridized carbons (Fsp3) is 0.409. The standard InChI is InChI=1S/C22H28N2O2/c1-17-9-10-20(18(2)15-17)16-23(3)21(19-7-5-4-6-8-19)22(25)24-11-13-26-14-12-24/h4-10,15,21H,11-14,16H2,1-3H3. The molecule has 1 fully saturated rings. The summed E-state index contributed by atoms with van der Waals surface area (Å²) in [5.41, 5.74) is 4.82. The maximum Gasteiger partial charge on any atom is 0.244 e. The average molecular weight is 352 g/mol. The molecule has 26 heavy (non-hydrogen) atoms. The Morgan fingerprint density at radius 3 is 2.46 bits per heavy atom. The lowest BCUT2D eigenvalue weighted by Gasteiger charge is -2.35. The third kappa shape index (κ3) is 4.32. The maximum absolute atomic E-state index is 13.3. The highest BCUT2D eigenvalue weighted by Crippen LogP contribution is 2.25. The fourth-order valence-electron chi connectivity index (χ4n) is 3.56. The molecule has 0 aromatic heterocycles. The highest BCUT2D eigenvalue weighted by Gasteiger charge is 2.30. The molecule has 0 bridgehead atoms. The number of rotatable bonds is 5. The van der Waals surface area contributed by atoms with Crippen LogP contribution < -0.4 is 0 Å². The van der Waals surface area contributed by atoms with E-state index in [4.69, 9.17) is 4.74 Å². The van der Waals surface area contributed by atoms with Crippen molar-refractivity contribution in [1.82, 2.24) is 9.80 Å². The van der Waals surface area contributed by atoms with Crippen LogP contribution in [0.15, 0.2) is 48.5 Å². The Morgan fingerprint density at radius 2 is 1.81 bits per heavy atom. The Morgan fingerprint density at radius 1 is 1.12 bits per heavy atom. The van der Waals surface area contributed by atoms with E-state index < -0.39 is 0 Å². The molecule has 0 spiro atoms. The van der Waals surface area contributed by atoms with Crippen LogP contribution in [0, 0.1) is 13.8 Å². The van der Waals surface area contributed by atoms with Crippen molar-refractivity contribution in [2.24, 2.45) is 0 Å². The minimum Gasteiger partial charge on any atom is -0.378 e. The molecule has 1 aliphatic rings. The number of aryl methyl sites for hydroxylation is 2. The molecule has 2 aromatic carbocycles. The Hall–Kier alpha value is -2.17. The van der Waals surface area contributed by atoms with Crippen LogP contribution in [-0.2, 0) is 16.1 Å². The predicted octanol–water partition coefficient (Wildman–Crippen LogP) is 3.34. The minimum absolute atomic E-state index is 0.159. The lowest BCUT2D eigenvalue weighted by atomic mass is 10.0. The summed E-state index contributed by atoms with van der Waals surface area (Å²) in [4.78, 5) is 17.4. The van der Waals surface area contributed by atoms with Gasteiger partial charge in [0.25, 0.3) is 0 Å². The van der Waals surface area contributed by atoms with Crippen molar-refractivity contribution in [2.75, 3.05) is 33.4 Å². The van der Waals surface area contributed by atoms with E-state index >= 15 is 0 Å². The van der Waals surface area contributed by atoms with Crippen molar-refractivity contribution in [3.63, 3.8) is 0 Å². The SMILES string of the molecule is Cc1ccc(CN(C)C(C(=O)N2CCOCC2)c2ccccc2)c(C)c1. The van der Waals surface area contributed by atoms with Crippen LogP contribution in [-0.4, -0.2) is 49.1 Å². The number of carbonyl (C=O) groups excluding carboxylic acids is 1. The van der Waals surface area contributed by atoms with Gasteiger partial charge in [-0.1, -0.05) is 54.1 Å². The van der Waals surface area contributed by atoms with Crippen molar-refractivity contribution in [1.29, 1.82) is 0 Å². The first-order chi connectivity index (χ1) is 12.6. The first-order valence-corrected chi connectivity index (χ1v) is 9.24. The summed E-state index contributed by atoms with van der Waals surface area (Å²) in [6, 6.07) is 16.3. The summed E-state index contributed by atoms with van der Waals surface area (Å²) in [5, 5.41) is 0. The smallest absolute Gasteiger partial charge is 0.244 e. The molecule has 3 rings (SSSR count). The number of ether oxygens (including phenoxy) is 1. The van der Waals surface area contributed by atoms with E-state index in [1.807, 2.05) is 42.3 Å². The van der Waals surface area contributed by atoms with Crippen LogP contribution >= 0.6 is 0 Å². The first kappa shape index (κ1) is 18.6. The Bertz CT molecular complexity index is 739. The van der Waals surface area contributed by atoms with Gasteiger partial charge in [0.1, 0.15) is 6.04 Å². The normalized spacial score (nSPS) is 15.9. The van der Waals surface area contributed by atoms with Gasteiger partial charge in [0.2, 0.25) is 5.91 Å². The molecular formula is C22H28N2O2. The van der Waals surface area contributed by atoms with E-state index in [-0.39, 0.29) is 11.9 Å². The van der Waals surface area contributed by atoms with Gasteiger partial charge in [0, 0.05) is 19.6 Å². The molecule has 1 heterocycles. The van der Waals surface area contributed by atoms with Gasteiger partial charge in [0.05, 0.1) is 13.2 Å². The number of likely N-dealkylation sites (N-methyl/N-ethyl adjacent to an activating group) is 1. The summed E-state index contributed by atoms with van der Waals surface area (Å²) in [6.07, 6.45) is 0. The van der Waals surface area contributed by atoms with Crippen molar-refractivity contribution in [2.45, 2.75) is 26.4 Å². The molecule has 0 radical (unpaired) electrons. The fourth-order valence-corrected chi connectivity index (χ4v) is 3.56. The summed E-state index contributed by atoms with van der Waals surface area (Å²) >= 11 is 0. The van der Waals surface area contributed by atoms with Crippen LogP contribution in [0.5, 0.6) is 0 Å². The summed E-state index contributed by atoms with van der Waals surface area (Å²) in [7, 11) is 2.04. The van der Waals surface area contributed by atoms with E-state index in [0.29, 0.717) is 26.3 Å². The number of nitrogens with zero attached hydrogens (tertiary/aromatic N) is 2. The molecule has 1 saturated heterocycles. The monoisotopic (exact) mass is 352 g/mol. The molecule has 1 amide bonds. The lowest BCUT2D eigenvalue weighted by Crippen LogP contribution is -2.46. The first-order valence-electron chi connectivity index (χ1n) is 9.24. The van der Waals surface area contributed by atoms with Gasteiger partial charge in [-0.3, -0.25) is 9.69 Å². The van der Waals surface area contributed by atoms with Crippen LogP contribution in [0.1, 0.15) is 28.3 Å². The van der Waals surface area contributed by atoms with Crippen LogP contribution in [0.3, 0.4) is 0 Å². The average Bonchev–Trinajstić information content (AvgIpc) is 2.66. The summed E-state index contributed by atoms with van der Waals surface area (Å²) in [5.74, 6) is 0.159. The van der Waals surface area contributed by atoms with Gasteiger partial charge < -0.3 is 9.64 Å². The zero-order valence-corrected chi connectivity index (χ0v) is 15.9. The van der Waals surface area contributed by atoms with E-state index in [9.17, 15) is 4.79 Å². The number of morpholine rings is 1. The number of amides is 1. The Labute approximate surface area is 156 Å². The second-order valence-electron chi connectivity index (χ2n) is 7.10. The molecule has 0 saturated carbocycles. The zero-order valence-electron chi connectivity index (χ0n) is 15.9. The zero-order chi connectivity index (χ0) is 18.5. The largest absolute Gasteiger partial charge is 0.378 e. The molecular weight excluding hydrogens is 324 g/mol. The predicted molar refractivity (Wildman–Crippen MR) is 104 cm³/mol. The minimum atomic E-state index is -0.282. The van der Waals surface area contributed by atoms with Gasteiger partial charge in [-0.25, -0.2) is 0 Å². The molecule has 0 aliphatic carbocycles. The number of carbonyl (C=O) groups is 1. The third-order valence-corrected chi connectivity index (χ3v) is 5.03. The molecule has 1 atom stereocenters. The van der Waals surface area contributed by atoms with Gasteiger partial charge in [0.15, 0.2) is 0 Å². The molecule has 4 nitrogen and oxygen atoms in total. The van der Waals surface area contributed by atoms with Crippen LogP contribution in [0.4, 0.5) is 0 Å². The number of hydrogen-bond donors (Lipinski definition) is 0. The Balaban J connectivity index is 1.85. The van der Waals surface area contributed by atoms with Crippen LogP contribution in [0.2, 0.25) is 0 Å².